The molecule has 5 rings (SSSR count). The van der Waals surface area contributed by atoms with Gasteiger partial charge in [-0.3, -0.25) is 9.36 Å². The maximum atomic E-state index is 13.6. The first kappa shape index (κ1) is 23.2. The first-order valence-electron chi connectivity index (χ1n) is 12.7. The molecule has 2 heterocycles. The Morgan fingerprint density at radius 3 is 2.21 bits per heavy atom. The van der Waals surface area contributed by atoms with Gasteiger partial charge in [0.05, 0.1) is 18.6 Å². The fourth-order valence-corrected chi connectivity index (χ4v) is 6.32. The Morgan fingerprint density at radius 2 is 1.59 bits per heavy atom. The minimum atomic E-state index is 0.262. The van der Waals surface area contributed by atoms with Crippen molar-refractivity contribution in [3.63, 3.8) is 0 Å². The minimum Gasteiger partial charge on any atom is -0.461 e. The third kappa shape index (κ3) is 5.40. The summed E-state index contributed by atoms with van der Waals surface area (Å²) in [5.74, 6) is 2.04. The highest BCUT2D eigenvalue weighted by atomic mass is 32.2. The Balaban J connectivity index is 1.35. The van der Waals surface area contributed by atoms with Gasteiger partial charge in [0.1, 0.15) is 0 Å². The molecular formula is C27H34N4O2S. The highest BCUT2D eigenvalue weighted by Crippen LogP contribution is 2.32. The van der Waals surface area contributed by atoms with E-state index >= 15 is 0 Å². The number of carbonyl (C=O) groups is 1. The fraction of sp³-hybridized carbons (Fsp3) is 0.519. The van der Waals surface area contributed by atoms with Crippen molar-refractivity contribution in [2.75, 3.05) is 5.75 Å². The van der Waals surface area contributed by atoms with Crippen molar-refractivity contribution < 1.29 is 9.21 Å². The molecule has 0 radical (unpaired) electrons. The van der Waals surface area contributed by atoms with Crippen molar-refractivity contribution in [3.8, 4) is 11.6 Å². The Kier molecular flexibility index (Phi) is 7.69. The van der Waals surface area contributed by atoms with Gasteiger partial charge < -0.3 is 9.32 Å². The molecule has 6 nitrogen and oxygen atoms in total. The molecule has 2 aromatic heterocycles. The lowest BCUT2D eigenvalue weighted by molar-refractivity contribution is -0.135. The normalized spacial score (nSPS) is 17.6. The lowest BCUT2D eigenvalue weighted by atomic mass is 9.88. The Morgan fingerprint density at radius 1 is 0.912 bits per heavy atom. The molecule has 0 unspecified atom stereocenters. The average Bonchev–Trinajstić information content (AvgIpc) is 3.55. The van der Waals surface area contributed by atoms with Crippen LogP contribution in [0.5, 0.6) is 0 Å². The monoisotopic (exact) mass is 478 g/mol. The number of furan rings is 1. The van der Waals surface area contributed by atoms with E-state index in [4.69, 9.17) is 4.42 Å². The first-order chi connectivity index (χ1) is 16.8. The maximum Gasteiger partial charge on any atom is 0.233 e. The number of hydrogen-bond acceptors (Lipinski definition) is 5. The number of rotatable bonds is 8. The van der Waals surface area contributed by atoms with Crippen molar-refractivity contribution in [1.29, 1.82) is 0 Å². The van der Waals surface area contributed by atoms with Crippen molar-refractivity contribution >= 4 is 17.7 Å². The predicted octanol–water partition coefficient (Wildman–Crippen LogP) is 6.17. The molecule has 1 amide bonds. The van der Waals surface area contributed by atoms with Crippen molar-refractivity contribution in [1.82, 2.24) is 19.7 Å². The summed E-state index contributed by atoms with van der Waals surface area (Å²) in [7, 11) is 0. The van der Waals surface area contributed by atoms with Gasteiger partial charge in [-0.25, -0.2) is 0 Å². The zero-order valence-electron chi connectivity index (χ0n) is 19.8. The molecule has 2 fully saturated rings. The van der Waals surface area contributed by atoms with E-state index in [2.05, 4.69) is 31.8 Å². The fourth-order valence-electron chi connectivity index (χ4n) is 5.52. The van der Waals surface area contributed by atoms with Crippen LogP contribution in [-0.4, -0.2) is 43.4 Å². The van der Waals surface area contributed by atoms with E-state index < -0.39 is 0 Å². The third-order valence-electron chi connectivity index (χ3n) is 7.19. The molecule has 1 aromatic carbocycles. The minimum absolute atomic E-state index is 0.262. The van der Waals surface area contributed by atoms with Gasteiger partial charge in [-0.2, -0.15) is 0 Å². The van der Waals surface area contributed by atoms with Gasteiger partial charge in [-0.1, -0.05) is 80.6 Å². The van der Waals surface area contributed by atoms with Crippen LogP contribution in [0.1, 0.15) is 69.8 Å². The number of nitrogens with zero attached hydrogens (tertiary/aromatic N) is 4. The lowest BCUT2D eigenvalue weighted by Crippen LogP contribution is -2.49. The zero-order valence-corrected chi connectivity index (χ0v) is 20.6. The van der Waals surface area contributed by atoms with Crippen LogP contribution in [0.2, 0.25) is 0 Å². The average molecular weight is 479 g/mol. The summed E-state index contributed by atoms with van der Waals surface area (Å²) in [5.41, 5.74) is 1.16. The molecule has 180 valence electrons. The summed E-state index contributed by atoms with van der Waals surface area (Å²) in [6.45, 7) is 0.634. The van der Waals surface area contributed by atoms with Crippen LogP contribution in [0.4, 0.5) is 0 Å². The van der Waals surface area contributed by atoms with Gasteiger partial charge >= 0.3 is 0 Å². The van der Waals surface area contributed by atoms with Crippen LogP contribution in [0, 0.1) is 0 Å². The number of aromatic nitrogens is 3. The van der Waals surface area contributed by atoms with E-state index in [1.54, 1.807) is 6.26 Å². The molecule has 2 aliphatic rings. The summed E-state index contributed by atoms with van der Waals surface area (Å²) >= 11 is 1.51. The number of amides is 1. The van der Waals surface area contributed by atoms with E-state index in [-0.39, 0.29) is 5.91 Å². The van der Waals surface area contributed by atoms with Crippen molar-refractivity contribution in [2.45, 2.75) is 88.0 Å². The van der Waals surface area contributed by atoms with E-state index in [0.717, 1.165) is 36.4 Å². The standard InChI is InChI=1S/C27H34N4O2S/c32-25(31(22-13-6-2-7-14-22)23-15-8-3-9-16-23)20-34-27-29-28-26(24-17-10-18-33-24)30(27)19-21-11-4-1-5-12-21/h1,4-5,10-12,17-18,22-23H,2-3,6-9,13-16,19-20H2. The summed E-state index contributed by atoms with van der Waals surface area (Å²) in [4.78, 5) is 15.9. The van der Waals surface area contributed by atoms with Crippen molar-refractivity contribution in [3.05, 3.63) is 54.3 Å². The molecule has 0 saturated heterocycles. The number of hydrogen-bond donors (Lipinski definition) is 0. The van der Waals surface area contributed by atoms with Gasteiger partial charge in [-0.15, -0.1) is 10.2 Å². The molecule has 0 atom stereocenters. The SMILES string of the molecule is O=C(CSc1nnc(-c2ccco2)n1Cc1ccccc1)N(C1CCCCC1)C1CCCCC1. The highest BCUT2D eigenvalue weighted by molar-refractivity contribution is 7.99. The highest BCUT2D eigenvalue weighted by Gasteiger charge is 2.32. The number of carbonyl (C=O) groups excluding carboxylic acids is 1. The molecule has 0 spiro atoms. The van der Waals surface area contributed by atoms with Crippen LogP contribution in [0.25, 0.3) is 11.6 Å². The molecule has 0 N–H and O–H groups in total. The van der Waals surface area contributed by atoms with Gasteiger partial charge in [0.15, 0.2) is 10.9 Å². The topological polar surface area (TPSA) is 64.2 Å². The molecule has 34 heavy (non-hydrogen) atoms. The number of benzene rings is 1. The zero-order chi connectivity index (χ0) is 23.2. The van der Waals surface area contributed by atoms with E-state index in [1.165, 1.54) is 50.3 Å². The van der Waals surface area contributed by atoms with Crippen LogP contribution in [-0.2, 0) is 11.3 Å². The second-order valence-electron chi connectivity index (χ2n) is 9.53. The van der Waals surface area contributed by atoms with Gasteiger partial charge in [0.2, 0.25) is 11.7 Å². The van der Waals surface area contributed by atoms with Gasteiger partial charge in [0, 0.05) is 12.1 Å². The van der Waals surface area contributed by atoms with Gasteiger partial charge in [0.25, 0.3) is 0 Å². The summed E-state index contributed by atoms with van der Waals surface area (Å²) in [5, 5.41) is 9.66. The predicted molar refractivity (Wildman–Crippen MR) is 135 cm³/mol. The summed E-state index contributed by atoms with van der Waals surface area (Å²) < 4.78 is 7.69. The Bertz CT molecular complexity index is 1020. The molecule has 0 bridgehead atoms. The van der Waals surface area contributed by atoms with Crippen LogP contribution in [0.15, 0.2) is 58.3 Å². The quantitative estimate of drug-likeness (QED) is 0.362. The van der Waals surface area contributed by atoms with Crippen LogP contribution < -0.4 is 0 Å². The Labute approximate surface area is 206 Å². The molecule has 2 aliphatic carbocycles. The van der Waals surface area contributed by atoms with E-state index in [0.29, 0.717) is 36.0 Å². The lowest BCUT2D eigenvalue weighted by Gasteiger charge is -2.41. The van der Waals surface area contributed by atoms with E-state index in [9.17, 15) is 4.79 Å². The second kappa shape index (κ2) is 11.3. The van der Waals surface area contributed by atoms with E-state index in [1.807, 2.05) is 30.3 Å². The second-order valence-corrected chi connectivity index (χ2v) is 10.5. The third-order valence-corrected chi connectivity index (χ3v) is 8.14. The molecule has 7 heteroatoms. The molecule has 3 aromatic rings. The molecule has 2 saturated carbocycles. The molecule has 0 aliphatic heterocycles. The smallest absolute Gasteiger partial charge is 0.233 e. The van der Waals surface area contributed by atoms with Crippen LogP contribution in [0.3, 0.4) is 0 Å². The van der Waals surface area contributed by atoms with Gasteiger partial charge in [-0.05, 0) is 43.4 Å². The van der Waals surface area contributed by atoms with Crippen molar-refractivity contribution in [2.24, 2.45) is 0 Å². The summed E-state index contributed by atoms with van der Waals surface area (Å²) in [6.07, 6.45) is 13.8. The molecular weight excluding hydrogens is 444 g/mol. The Hall–Kier alpha value is -2.54. The number of thioether (sulfide) groups is 1. The summed E-state index contributed by atoms with van der Waals surface area (Å²) in [6, 6.07) is 14.9. The maximum absolute atomic E-state index is 13.6. The largest absolute Gasteiger partial charge is 0.461 e. The first-order valence-corrected chi connectivity index (χ1v) is 13.7. The van der Waals surface area contributed by atoms with Crippen LogP contribution >= 0.6 is 11.8 Å².